The van der Waals surface area contributed by atoms with Crippen molar-refractivity contribution in [1.29, 1.82) is 0 Å². The van der Waals surface area contributed by atoms with E-state index >= 15 is 0 Å². The minimum Gasteiger partial charge on any atom is -0.478 e. The van der Waals surface area contributed by atoms with Crippen molar-refractivity contribution in [2.45, 2.75) is 0 Å². The van der Waals surface area contributed by atoms with Crippen LogP contribution in [0, 0.1) is 4.91 Å². The van der Waals surface area contributed by atoms with Crippen molar-refractivity contribution in [3.63, 3.8) is 0 Å². The molecule has 0 saturated carbocycles. The molecule has 114 valence electrons. The molecule has 0 radical (unpaired) electrons. The highest BCUT2D eigenvalue weighted by molar-refractivity contribution is 5.89. The van der Waals surface area contributed by atoms with Crippen LogP contribution in [0.15, 0.2) is 53.1 Å². The van der Waals surface area contributed by atoms with Gasteiger partial charge in [-0.1, -0.05) is 17.3 Å². The molecule has 0 bridgehead atoms. The van der Waals surface area contributed by atoms with Crippen LogP contribution in [0.3, 0.4) is 0 Å². The third-order valence-corrected chi connectivity index (χ3v) is 3.13. The zero-order valence-corrected chi connectivity index (χ0v) is 11.6. The van der Waals surface area contributed by atoms with Gasteiger partial charge in [-0.2, -0.15) is 4.98 Å². The Morgan fingerprint density at radius 1 is 1.09 bits per heavy atom. The van der Waals surface area contributed by atoms with Crippen LogP contribution in [0.4, 0.5) is 5.69 Å². The number of nitrogens with zero attached hydrogens (tertiary/aromatic N) is 3. The Morgan fingerprint density at radius 2 is 1.83 bits per heavy atom. The third-order valence-electron chi connectivity index (χ3n) is 3.13. The van der Waals surface area contributed by atoms with E-state index < -0.39 is 5.97 Å². The number of aromatic nitrogens is 2. The summed E-state index contributed by atoms with van der Waals surface area (Å²) in [7, 11) is 0. The second kappa shape index (κ2) is 5.68. The maximum absolute atomic E-state index is 11.0. The smallest absolute Gasteiger partial charge is 0.335 e. The molecule has 0 fully saturated rings. The molecule has 1 heterocycles. The average molecular weight is 312 g/mol. The molecule has 3 rings (SSSR count). The first kappa shape index (κ1) is 14.4. The molecule has 0 aliphatic carbocycles. The first-order chi connectivity index (χ1) is 11.0. The number of benzene rings is 2. The van der Waals surface area contributed by atoms with Crippen LogP contribution in [0.5, 0.6) is 0 Å². The van der Waals surface area contributed by atoms with Crippen molar-refractivity contribution in [3.05, 3.63) is 59.0 Å². The highest BCUT2D eigenvalue weighted by Gasteiger charge is 2.15. The van der Waals surface area contributed by atoms with Gasteiger partial charge in [0.15, 0.2) is 0 Å². The molecule has 0 atom stereocenters. The number of carboxylic acid groups (broad SMARTS) is 1. The van der Waals surface area contributed by atoms with Gasteiger partial charge in [0.05, 0.1) is 10.5 Å². The van der Waals surface area contributed by atoms with Gasteiger partial charge in [0.25, 0.3) is 10.8 Å². The van der Waals surface area contributed by atoms with Gasteiger partial charge in [0.1, 0.15) is 0 Å². The molecular weight excluding hydrogens is 302 g/mol. The molecule has 2 aromatic carbocycles. The second-order valence-corrected chi connectivity index (χ2v) is 4.63. The zero-order chi connectivity index (χ0) is 16.4. The molecule has 3 aromatic rings. The third kappa shape index (κ3) is 2.91. The Bertz CT molecular complexity index is 886. The Hall–Kier alpha value is -3.55. The SMILES string of the molecule is O=C(O)c1cccc(-c2noc(-c3ccc([N+](=O)O)cc3)n2)c1. The summed E-state index contributed by atoms with van der Waals surface area (Å²) >= 11 is 0. The molecule has 8 nitrogen and oxygen atoms in total. The molecule has 0 saturated heterocycles. The van der Waals surface area contributed by atoms with Gasteiger partial charge in [0.2, 0.25) is 5.82 Å². The quantitative estimate of drug-likeness (QED) is 0.711. The van der Waals surface area contributed by atoms with Crippen molar-refractivity contribution < 1.29 is 24.6 Å². The van der Waals surface area contributed by atoms with Crippen molar-refractivity contribution in [3.8, 4) is 22.8 Å². The summed E-state index contributed by atoms with van der Waals surface area (Å²) in [5.74, 6) is -0.584. The number of carboxylic acids is 1. The molecule has 0 aliphatic rings. The summed E-state index contributed by atoms with van der Waals surface area (Å²) in [4.78, 5) is 25.7. The Kier molecular flexibility index (Phi) is 3.55. The van der Waals surface area contributed by atoms with Gasteiger partial charge in [-0.15, -0.1) is 0 Å². The molecule has 8 heteroatoms. The minimum absolute atomic E-state index is 0.0719. The normalized spacial score (nSPS) is 10.4. The monoisotopic (exact) mass is 312 g/mol. The van der Waals surface area contributed by atoms with E-state index in [1.165, 1.54) is 24.3 Å². The lowest BCUT2D eigenvalue weighted by Gasteiger charge is -1.96. The summed E-state index contributed by atoms with van der Waals surface area (Å²) in [6, 6.07) is 12.1. The molecule has 0 aliphatic heterocycles. The van der Waals surface area contributed by atoms with Crippen molar-refractivity contribution in [2.24, 2.45) is 0 Å². The summed E-state index contributed by atoms with van der Waals surface area (Å²) in [6.45, 7) is 0. The summed E-state index contributed by atoms with van der Waals surface area (Å²) < 4.78 is 5.14. The summed E-state index contributed by atoms with van der Waals surface area (Å²) in [6.07, 6.45) is 0. The zero-order valence-electron chi connectivity index (χ0n) is 11.6. The van der Waals surface area contributed by atoms with E-state index in [2.05, 4.69) is 10.1 Å². The second-order valence-electron chi connectivity index (χ2n) is 4.63. The molecule has 2 N–H and O–H groups in total. The first-order valence-corrected chi connectivity index (χ1v) is 6.48. The van der Waals surface area contributed by atoms with Crippen molar-refractivity contribution >= 4 is 11.7 Å². The highest BCUT2D eigenvalue weighted by Crippen LogP contribution is 2.24. The standard InChI is InChI=1S/C15H9N3O5/c19-15(20)11-3-1-2-10(8-11)13-16-14(23-17-13)9-4-6-12(7-5-9)18(21)22/h1-8H,(H-,19,20,21,22)/p+1. The van der Waals surface area contributed by atoms with E-state index in [1.54, 1.807) is 24.3 Å². The van der Waals surface area contributed by atoms with Crippen LogP contribution in [0.1, 0.15) is 10.4 Å². The van der Waals surface area contributed by atoms with E-state index in [9.17, 15) is 9.70 Å². The number of carbonyl (C=O) groups is 1. The van der Waals surface area contributed by atoms with Crippen molar-refractivity contribution in [2.75, 3.05) is 0 Å². The van der Waals surface area contributed by atoms with Crippen LogP contribution >= 0.6 is 0 Å². The molecule has 1 aromatic heterocycles. The lowest BCUT2D eigenvalue weighted by molar-refractivity contribution is -0.729. The van der Waals surface area contributed by atoms with E-state index in [0.717, 1.165) is 0 Å². The molecule has 0 amide bonds. The molecule has 23 heavy (non-hydrogen) atoms. The van der Waals surface area contributed by atoms with E-state index in [1.807, 2.05) is 0 Å². The van der Waals surface area contributed by atoms with E-state index in [-0.39, 0.29) is 27.9 Å². The van der Waals surface area contributed by atoms with Crippen LogP contribution < -0.4 is 0 Å². The van der Waals surface area contributed by atoms with Crippen molar-refractivity contribution in [1.82, 2.24) is 10.1 Å². The fraction of sp³-hybridized carbons (Fsp3) is 0. The predicted molar refractivity (Wildman–Crippen MR) is 77.2 cm³/mol. The average Bonchev–Trinajstić information content (AvgIpc) is 3.05. The molecule has 0 unspecified atom stereocenters. The number of rotatable bonds is 4. The topological polar surface area (TPSA) is 117 Å². The summed E-state index contributed by atoms with van der Waals surface area (Å²) in [5, 5.41) is 21.6. The number of aromatic carboxylic acids is 1. The van der Waals surface area contributed by atoms with Gasteiger partial charge >= 0.3 is 11.7 Å². The van der Waals surface area contributed by atoms with Gasteiger partial charge in [-0.05, 0) is 24.3 Å². The van der Waals surface area contributed by atoms with Crippen LogP contribution in [-0.2, 0) is 0 Å². The van der Waals surface area contributed by atoms with Gasteiger partial charge in [-0.25, -0.2) is 10.0 Å². The highest BCUT2D eigenvalue weighted by atomic mass is 16.6. The maximum atomic E-state index is 11.0. The Morgan fingerprint density at radius 3 is 2.48 bits per heavy atom. The maximum Gasteiger partial charge on any atom is 0.335 e. The first-order valence-electron chi connectivity index (χ1n) is 6.48. The van der Waals surface area contributed by atoms with Crippen LogP contribution in [0.25, 0.3) is 22.8 Å². The van der Waals surface area contributed by atoms with Gasteiger partial charge < -0.3 is 9.63 Å². The fourth-order valence-electron chi connectivity index (χ4n) is 1.98. The van der Waals surface area contributed by atoms with E-state index in [4.69, 9.17) is 14.8 Å². The Labute approximate surface area is 129 Å². The largest absolute Gasteiger partial charge is 0.478 e. The molecular formula is C15H10N3O5+. The van der Waals surface area contributed by atoms with Crippen LogP contribution in [0.2, 0.25) is 0 Å². The van der Waals surface area contributed by atoms with E-state index in [0.29, 0.717) is 11.1 Å². The molecule has 0 spiro atoms. The number of hydrogen-bond acceptors (Lipinski definition) is 5. The Balaban J connectivity index is 1.92. The number of hydrogen-bond donors (Lipinski definition) is 2. The predicted octanol–water partition coefficient (Wildman–Crippen LogP) is 2.90. The van der Waals surface area contributed by atoms with Gasteiger partial charge in [-0.3, -0.25) is 0 Å². The van der Waals surface area contributed by atoms with Gasteiger partial charge in [0, 0.05) is 23.3 Å². The lowest BCUT2D eigenvalue weighted by Crippen LogP contribution is -1.96. The lowest BCUT2D eigenvalue weighted by atomic mass is 10.1. The summed E-state index contributed by atoms with van der Waals surface area (Å²) in [5.41, 5.74) is 1.26. The fourth-order valence-corrected chi connectivity index (χ4v) is 1.98. The van der Waals surface area contributed by atoms with Crippen LogP contribution in [-0.4, -0.2) is 31.3 Å². The minimum atomic E-state index is -1.04.